The minimum Gasteiger partial charge on any atom is -0.496 e. The topological polar surface area (TPSA) is 22.1 Å². The number of hydrogen-bond donors (Lipinski definition) is 0. The number of halogens is 2. The fourth-order valence-corrected chi connectivity index (χ4v) is 0.985. The van der Waals surface area contributed by atoms with Gasteiger partial charge in [0.05, 0.1) is 18.7 Å². The molecule has 0 aliphatic rings. The normalized spacial score (nSPS) is 8.92. The van der Waals surface area contributed by atoms with Crippen molar-refractivity contribution in [2.45, 2.75) is 12.8 Å². The number of rotatable bonds is 2. The summed E-state index contributed by atoms with van der Waals surface area (Å²) in [7, 11) is 1.64. The molecule has 0 aliphatic carbocycles. The Bertz CT molecular complexity index is 253. The smallest absolute Gasteiger partial charge is 0.125 e. The van der Waals surface area contributed by atoms with Crippen LogP contribution in [0.5, 0.6) is 5.75 Å². The lowest BCUT2D eigenvalue weighted by Gasteiger charge is -2.04. The second kappa shape index (κ2) is 5.22. The van der Waals surface area contributed by atoms with Crippen LogP contribution in [0.3, 0.4) is 0 Å². The van der Waals surface area contributed by atoms with E-state index >= 15 is 0 Å². The summed E-state index contributed by atoms with van der Waals surface area (Å²) in [5, 5.41) is 0. The van der Waals surface area contributed by atoms with Crippen LogP contribution in [0.15, 0.2) is 12.3 Å². The minimum absolute atomic E-state index is 0. The van der Waals surface area contributed by atoms with E-state index in [0.717, 1.165) is 17.0 Å². The zero-order chi connectivity index (χ0) is 8.27. The fourth-order valence-electron chi connectivity index (χ4n) is 0.839. The second-order valence-electron chi connectivity index (χ2n) is 2.28. The standard InChI is InChI=1S/C8H10ClNO.ClH/c1-6-5-10-7(4-9)3-8(6)11-2;/h3,5H,4H2,1-2H3;1H. The third-order valence-electron chi connectivity index (χ3n) is 1.47. The van der Waals surface area contributed by atoms with Gasteiger partial charge in [-0.1, -0.05) is 0 Å². The third-order valence-corrected chi connectivity index (χ3v) is 1.74. The molecule has 0 amide bonds. The third kappa shape index (κ3) is 2.54. The van der Waals surface area contributed by atoms with Crippen molar-refractivity contribution in [3.05, 3.63) is 23.5 Å². The van der Waals surface area contributed by atoms with Crippen molar-refractivity contribution in [2.75, 3.05) is 7.11 Å². The molecular weight excluding hydrogens is 197 g/mol. The highest BCUT2D eigenvalue weighted by molar-refractivity contribution is 6.16. The molecule has 0 saturated carbocycles. The maximum Gasteiger partial charge on any atom is 0.125 e. The fraction of sp³-hybridized carbons (Fsp3) is 0.375. The van der Waals surface area contributed by atoms with Crippen molar-refractivity contribution in [3.63, 3.8) is 0 Å². The van der Waals surface area contributed by atoms with E-state index in [1.165, 1.54) is 0 Å². The Morgan fingerprint density at radius 2 is 2.25 bits per heavy atom. The Morgan fingerprint density at radius 1 is 1.58 bits per heavy atom. The van der Waals surface area contributed by atoms with Crippen LogP contribution in [0.1, 0.15) is 11.3 Å². The van der Waals surface area contributed by atoms with Gasteiger partial charge in [-0.15, -0.1) is 24.0 Å². The van der Waals surface area contributed by atoms with Gasteiger partial charge in [-0.2, -0.15) is 0 Å². The monoisotopic (exact) mass is 207 g/mol. The van der Waals surface area contributed by atoms with E-state index in [2.05, 4.69) is 4.98 Å². The molecule has 1 heterocycles. The van der Waals surface area contributed by atoms with E-state index in [0.29, 0.717) is 5.88 Å². The van der Waals surface area contributed by atoms with Crippen LogP contribution in [-0.2, 0) is 5.88 Å². The number of methoxy groups -OCH3 is 1. The van der Waals surface area contributed by atoms with Crippen molar-refractivity contribution in [3.8, 4) is 5.75 Å². The number of nitrogens with zero attached hydrogens (tertiary/aromatic N) is 1. The summed E-state index contributed by atoms with van der Waals surface area (Å²) in [5.41, 5.74) is 1.87. The first kappa shape index (κ1) is 11.5. The quantitative estimate of drug-likeness (QED) is 0.696. The molecule has 0 spiro atoms. The van der Waals surface area contributed by atoms with Crippen LogP contribution >= 0.6 is 24.0 Å². The maximum absolute atomic E-state index is 5.59. The zero-order valence-corrected chi connectivity index (χ0v) is 8.58. The molecule has 12 heavy (non-hydrogen) atoms. The lowest BCUT2D eigenvalue weighted by molar-refractivity contribution is 0.410. The SMILES string of the molecule is COc1cc(CCl)ncc1C.Cl. The molecule has 0 aliphatic heterocycles. The number of alkyl halides is 1. The number of hydrogen-bond acceptors (Lipinski definition) is 2. The van der Waals surface area contributed by atoms with Gasteiger partial charge in [0.1, 0.15) is 5.75 Å². The molecule has 0 radical (unpaired) electrons. The Labute approximate surface area is 83.3 Å². The van der Waals surface area contributed by atoms with Crippen LogP contribution in [0.4, 0.5) is 0 Å². The van der Waals surface area contributed by atoms with E-state index in [1.54, 1.807) is 13.3 Å². The van der Waals surface area contributed by atoms with Gasteiger partial charge in [-0.05, 0) is 6.92 Å². The van der Waals surface area contributed by atoms with Gasteiger partial charge in [0.25, 0.3) is 0 Å². The van der Waals surface area contributed by atoms with Gasteiger partial charge in [0.15, 0.2) is 0 Å². The molecule has 0 aromatic carbocycles. The zero-order valence-electron chi connectivity index (χ0n) is 7.00. The highest BCUT2D eigenvalue weighted by Gasteiger charge is 1.99. The Kier molecular flexibility index (Phi) is 5.02. The summed E-state index contributed by atoms with van der Waals surface area (Å²) in [6.45, 7) is 1.95. The summed E-state index contributed by atoms with van der Waals surface area (Å²) in [6.07, 6.45) is 1.76. The average molecular weight is 208 g/mol. The van der Waals surface area contributed by atoms with E-state index in [1.807, 2.05) is 13.0 Å². The Hall–Kier alpha value is -0.470. The van der Waals surface area contributed by atoms with E-state index in [-0.39, 0.29) is 12.4 Å². The largest absolute Gasteiger partial charge is 0.496 e. The second-order valence-corrected chi connectivity index (χ2v) is 2.55. The summed E-state index contributed by atoms with van der Waals surface area (Å²) in [6, 6.07) is 1.85. The van der Waals surface area contributed by atoms with Gasteiger partial charge < -0.3 is 4.74 Å². The van der Waals surface area contributed by atoms with Crippen LogP contribution in [-0.4, -0.2) is 12.1 Å². The summed E-state index contributed by atoms with van der Waals surface area (Å²) in [5.74, 6) is 1.27. The van der Waals surface area contributed by atoms with Gasteiger partial charge in [0, 0.05) is 17.8 Å². The molecule has 4 heteroatoms. The molecular formula is C8H11Cl2NO. The van der Waals surface area contributed by atoms with Crippen LogP contribution in [0.25, 0.3) is 0 Å². The number of aromatic nitrogens is 1. The van der Waals surface area contributed by atoms with Crippen LogP contribution in [0.2, 0.25) is 0 Å². The van der Waals surface area contributed by atoms with Crippen molar-refractivity contribution < 1.29 is 4.74 Å². The first-order chi connectivity index (χ1) is 5.27. The maximum atomic E-state index is 5.59. The lowest BCUT2D eigenvalue weighted by atomic mass is 10.2. The van der Waals surface area contributed by atoms with Crippen molar-refractivity contribution in [1.29, 1.82) is 0 Å². The highest BCUT2D eigenvalue weighted by atomic mass is 35.5. The Balaban J connectivity index is 0.00000121. The average Bonchev–Trinajstić information content (AvgIpc) is 2.05. The number of pyridine rings is 1. The predicted octanol–water partition coefficient (Wildman–Crippen LogP) is 2.56. The first-order valence-corrected chi connectivity index (χ1v) is 3.87. The molecule has 1 aromatic rings. The van der Waals surface area contributed by atoms with Gasteiger partial charge >= 0.3 is 0 Å². The molecule has 68 valence electrons. The molecule has 2 nitrogen and oxygen atoms in total. The number of aryl methyl sites for hydroxylation is 1. The van der Waals surface area contributed by atoms with Gasteiger partial charge in [-0.25, -0.2) is 0 Å². The molecule has 0 fully saturated rings. The molecule has 0 atom stereocenters. The Morgan fingerprint density at radius 3 is 2.75 bits per heavy atom. The molecule has 1 rings (SSSR count). The van der Waals surface area contributed by atoms with E-state index < -0.39 is 0 Å². The first-order valence-electron chi connectivity index (χ1n) is 3.33. The van der Waals surface area contributed by atoms with E-state index in [9.17, 15) is 0 Å². The summed E-state index contributed by atoms with van der Waals surface area (Å²) >= 11 is 5.59. The minimum atomic E-state index is 0. The molecule has 0 bridgehead atoms. The molecule has 0 N–H and O–H groups in total. The van der Waals surface area contributed by atoms with Crippen LogP contribution in [0, 0.1) is 6.92 Å². The molecule has 0 unspecified atom stereocenters. The molecule has 0 saturated heterocycles. The van der Waals surface area contributed by atoms with Gasteiger partial charge in [-0.3, -0.25) is 4.98 Å². The van der Waals surface area contributed by atoms with E-state index in [4.69, 9.17) is 16.3 Å². The number of ether oxygens (including phenoxy) is 1. The molecule has 1 aromatic heterocycles. The predicted molar refractivity (Wildman–Crippen MR) is 52.3 cm³/mol. The van der Waals surface area contributed by atoms with Crippen molar-refractivity contribution >= 4 is 24.0 Å². The summed E-state index contributed by atoms with van der Waals surface area (Å²) in [4.78, 5) is 4.09. The van der Waals surface area contributed by atoms with Crippen molar-refractivity contribution in [1.82, 2.24) is 4.98 Å². The summed E-state index contributed by atoms with van der Waals surface area (Å²) < 4.78 is 5.09. The highest BCUT2D eigenvalue weighted by Crippen LogP contribution is 2.17. The van der Waals surface area contributed by atoms with Gasteiger partial charge in [0.2, 0.25) is 0 Å². The lowest BCUT2D eigenvalue weighted by Crippen LogP contribution is -1.91. The van der Waals surface area contributed by atoms with Crippen LogP contribution < -0.4 is 4.74 Å². The van der Waals surface area contributed by atoms with Crippen molar-refractivity contribution in [2.24, 2.45) is 0 Å².